The van der Waals surface area contributed by atoms with Crippen LogP contribution in [0.3, 0.4) is 0 Å². The highest BCUT2D eigenvalue weighted by atomic mass is 32.1. The fourth-order valence-electron chi connectivity index (χ4n) is 1.81. The van der Waals surface area contributed by atoms with Crippen molar-refractivity contribution >= 4 is 17.2 Å². The van der Waals surface area contributed by atoms with E-state index < -0.39 is 0 Å². The zero-order valence-corrected chi connectivity index (χ0v) is 12.8. The van der Waals surface area contributed by atoms with Gasteiger partial charge in [-0.05, 0) is 31.7 Å². The van der Waals surface area contributed by atoms with Crippen LogP contribution >= 0.6 is 11.3 Å². The summed E-state index contributed by atoms with van der Waals surface area (Å²) in [6, 6.07) is 4.35. The van der Waals surface area contributed by atoms with E-state index in [1.807, 2.05) is 24.6 Å². The van der Waals surface area contributed by atoms with Crippen molar-refractivity contribution in [2.75, 3.05) is 26.7 Å². The number of hydrogen-bond acceptors (Lipinski definition) is 4. The molecule has 0 spiro atoms. The molecule has 0 fully saturated rings. The molecule has 0 aromatic carbocycles. The quantitative estimate of drug-likeness (QED) is 0.791. The van der Waals surface area contributed by atoms with E-state index in [1.165, 1.54) is 4.88 Å². The second-order valence-corrected chi connectivity index (χ2v) is 6.00. The van der Waals surface area contributed by atoms with Crippen molar-refractivity contribution in [3.8, 4) is 0 Å². The molecule has 0 atom stereocenters. The van der Waals surface area contributed by atoms with Crippen molar-refractivity contribution in [1.82, 2.24) is 9.80 Å². The molecular formula is C14H24N2O2S. The van der Waals surface area contributed by atoms with Crippen LogP contribution in [0.15, 0.2) is 17.5 Å². The third kappa shape index (κ3) is 5.72. The maximum Gasteiger partial charge on any atom is 0.236 e. The zero-order valence-electron chi connectivity index (χ0n) is 12.0. The van der Waals surface area contributed by atoms with Crippen LogP contribution in [0.2, 0.25) is 0 Å². The summed E-state index contributed by atoms with van der Waals surface area (Å²) in [5.74, 6) is 0.125. The van der Waals surface area contributed by atoms with Crippen LogP contribution in [0, 0.1) is 0 Å². The topological polar surface area (TPSA) is 43.8 Å². The van der Waals surface area contributed by atoms with Crippen LogP contribution in [0.1, 0.15) is 25.1 Å². The van der Waals surface area contributed by atoms with E-state index in [0.29, 0.717) is 25.6 Å². The van der Waals surface area contributed by atoms with E-state index in [2.05, 4.69) is 18.7 Å². The Morgan fingerprint density at radius 2 is 2.21 bits per heavy atom. The monoisotopic (exact) mass is 284 g/mol. The van der Waals surface area contributed by atoms with E-state index in [9.17, 15) is 4.79 Å². The van der Waals surface area contributed by atoms with Gasteiger partial charge in [-0.25, -0.2) is 0 Å². The van der Waals surface area contributed by atoms with E-state index in [4.69, 9.17) is 5.11 Å². The molecule has 1 rings (SSSR count). The number of aliphatic hydroxyl groups is 1. The minimum Gasteiger partial charge on any atom is -0.396 e. The largest absolute Gasteiger partial charge is 0.396 e. The molecule has 0 aliphatic rings. The van der Waals surface area contributed by atoms with Gasteiger partial charge in [0.1, 0.15) is 0 Å². The normalized spacial score (nSPS) is 11.3. The van der Waals surface area contributed by atoms with Crippen LogP contribution in [0.25, 0.3) is 0 Å². The third-order valence-electron chi connectivity index (χ3n) is 3.07. The molecule has 5 heteroatoms. The lowest BCUT2D eigenvalue weighted by Gasteiger charge is -2.27. The molecule has 0 saturated carbocycles. The first-order valence-corrected chi connectivity index (χ1v) is 7.53. The third-order valence-corrected chi connectivity index (χ3v) is 3.93. The number of thiophene rings is 1. The summed E-state index contributed by atoms with van der Waals surface area (Å²) in [7, 11) is 1.84. The Balaban J connectivity index is 2.46. The fraction of sp³-hybridized carbons (Fsp3) is 0.643. The average Bonchev–Trinajstić information content (AvgIpc) is 2.86. The molecule has 1 amide bonds. The number of carbonyl (C=O) groups excluding carboxylic acids is 1. The van der Waals surface area contributed by atoms with Crippen molar-refractivity contribution in [1.29, 1.82) is 0 Å². The highest BCUT2D eigenvalue weighted by Crippen LogP contribution is 2.11. The van der Waals surface area contributed by atoms with E-state index in [-0.39, 0.29) is 12.5 Å². The van der Waals surface area contributed by atoms with Gasteiger partial charge in [0.15, 0.2) is 0 Å². The number of carbonyl (C=O) groups is 1. The van der Waals surface area contributed by atoms with Gasteiger partial charge in [-0.15, -0.1) is 11.3 Å². The minimum atomic E-state index is 0.125. The molecule has 0 saturated heterocycles. The van der Waals surface area contributed by atoms with Crippen LogP contribution < -0.4 is 0 Å². The van der Waals surface area contributed by atoms with Gasteiger partial charge in [0.25, 0.3) is 0 Å². The molecule has 1 heterocycles. The summed E-state index contributed by atoms with van der Waals surface area (Å²) in [5.41, 5.74) is 0. The molecule has 19 heavy (non-hydrogen) atoms. The molecule has 0 unspecified atom stereocenters. The van der Waals surface area contributed by atoms with Gasteiger partial charge in [0.05, 0.1) is 13.1 Å². The maximum atomic E-state index is 12.2. The summed E-state index contributed by atoms with van der Waals surface area (Å²) in [6.45, 7) is 6.16. The smallest absolute Gasteiger partial charge is 0.236 e. The molecule has 108 valence electrons. The Bertz CT molecular complexity index is 366. The lowest BCUT2D eigenvalue weighted by Crippen LogP contribution is -2.41. The fourth-order valence-corrected chi connectivity index (χ4v) is 2.57. The summed E-state index contributed by atoms with van der Waals surface area (Å²) in [6.07, 6.45) is 0.708. The van der Waals surface area contributed by atoms with Crippen LogP contribution in [0.4, 0.5) is 0 Å². The number of rotatable bonds is 8. The van der Waals surface area contributed by atoms with Crippen molar-refractivity contribution in [2.45, 2.75) is 32.9 Å². The van der Waals surface area contributed by atoms with Crippen molar-refractivity contribution in [3.63, 3.8) is 0 Å². The predicted octanol–water partition coefficient (Wildman–Crippen LogP) is 1.80. The SMILES string of the molecule is CC(C)N(CCCO)CC(=O)N(C)Cc1cccs1. The Morgan fingerprint density at radius 1 is 1.47 bits per heavy atom. The number of hydrogen-bond donors (Lipinski definition) is 1. The number of aliphatic hydroxyl groups excluding tert-OH is 1. The summed E-state index contributed by atoms with van der Waals surface area (Å²) in [5, 5.41) is 10.9. The molecule has 1 N–H and O–H groups in total. The lowest BCUT2D eigenvalue weighted by atomic mass is 10.2. The predicted molar refractivity (Wildman–Crippen MR) is 79.2 cm³/mol. The Kier molecular flexibility index (Phi) is 7.05. The highest BCUT2D eigenvalue weighted by Gasteiger charge is 2.16. The van der Waals surface area contributed by atoms with E-state index >= 15 is 0 Å². The lowest BCUT2D eigenvalue weighted by molar-refractivity contribution is -0.132. The van der Waals surface area contributed by atoms with Crippen molar-refractivity contribution in [2.24, 2.45) is 0 Å². The van der Waals surface area contributed by atoms with Gasteiger partial charge in [0, 0.05) is 31.1 Å². The molecule has 1 aromatic rings. The molecular weight excluding hydrogens is 260 g/mol. The van der Waals surface area contributed by atoms with Gasteiger partial charge in [0.2, 0.25) is 5.91 Å². The molecule has 0 radical (unpaired) electrons. The first-order chi connectivity index (χ1) is 9.04. The Hall–Kier alpha value is -0.910. The van der Waals surface area contributed by atoms with E-state index in [0.717, 1.165) is 6.54 Å². The van der Waals surface area contributed by atoms with Gasteiger partial charge >= 0.3 is 0 Å². The Labute approximate surface area is 119 Å². The molecule has 4 nitrogen and oxygen atoms in total. The first kappa shape index (κ1) is 16.1. The van der Waals surface area contributed by atoms with Crippen LogP contribution in [-0.4, -0.2) is 53.6 Å². The second-order valence-electron chi connectivity index (χ2n) is 4.97. The van der Waals surface area contributed by atoms with Gasteiger partial charge in [-0.1, -0.05) is 6.07 Å². The highest BCUT2D eigenvalue weighted by molar-refractivity contribution is 7.09. The van der Waals surface area contributed by atoms with E-state index in [1.54, 1.807) is 16.2 Å². The Morgan fingerprint density at radius 3 is 2.74 bits per heavy atom. The minimum absolute atomic E-state index is 0.125. The second kappa shape index (κ2) is 8.30. The summed E-state index contributed by atoms with van der Waals surface area (Å²) < 4.78 is 0. The van der Waals surface area contributed by atoms with Crippen molar-refractivity contribution in [3.05, 3.63) is 22.4 Å². The molecule has 1 aromatic heterocycles. The van der Waals surface area contributed by atoms with Crippen LogP contribution in [0.5, 0.6) is 0 Å². The average molecular weight is 284 g/mol. The standard InChI is InChI=1S/C14H24N2O2S/c1-12(2)16(7-5-8-17)11-14(18)15(3)10-13-6-4-9-19-13/h4,6,9,12,17H,5,7-8,10-11H2,1-3H3. The first-order valence-electron chi connectivity index (χ1n) is 6.66. The van der Waals surface area contributed by atoms with Gasteiger partial charge < -0.3 is 10.0 Å². The van der Waals surface area contributed by atoms with Gasteiger partial charge in [-0.3, -0.25) is 9.69 Å². The van der Waals surface area contributed by atoms with Gasteiger partial charge in [-0.2, -0.15) is 0 Å². The zero-order chi connectivity index (χ0) is 14.3. The van der Waals surface area contributed by atoms with Crippen LogP contribution in [-0.2, 0) is 11.3 Å². The molecule has 0 aliphatic carbocycles. The van der Waals surface area contributed by atoms with Crippen molar-refractivity contribution < 1.29 is 9.90 Å². The summed E-state index contributed by atoms with van der Waals surface area (Å²) in [4.78, 5) is 17.2. The maximum absolute atomic E-state index is 12.2. The molecule has 0 aliphatic heterocycles. The number of nitrogens with zero attached hydrogens (tertiary/aromatic N) is 2. The number of amides is 1. The number of likely N-dealkylation sites (N-methyl/N-ethyl adjacent to an activating group) is 1. The molecule has 0 bridgehead atoms. The summed E-state index contributed by atoms with van der Waals surface area (Å²) >= 11 is 1.67.